The van der Waals surface area contributed by atoms with Gasteiger partial charge in [0.15, 0.2) is 0 Å². The summed E-state index contributed by atoms with van der Waals surface area (Å²) in [4.78, 5) is 13.0. The molecule has 21 heavy (non-hydrogen) atoms. The second kappa shape index (κ2) is 6.53. The van der Waals surface area contributed by atoms with E-state index < -0.39 is 15.8 Å². The van der Waals surface area contributed by atoms with E-state index in [1.165, 1.54) is 19.1 Å². The maximum atomic E-state index is 12.8. The lowest BCUT2D eigenvalue weighted by molar-refractivity contribution is -0.130. The van der Waals surface area contributed by atoms with Gasteiger partial charge in [-0.1, -0.05) is 0 Å². The largest absolute Gasteiger partial charge is 0.343 e. The van der Waals surface area contributed by atoms with Crippen LogP contribution >= 0.6 is 0 Å². The van der Waals surface area contributed by atoms with E-state index in [-0.39, 0.29) is 16.7 Å². The van der Waals surface area contributed by atoms with Gasteiger partial charge < -0.3 is 4.90 Å². The van der Waals surface area contributed by atoms with Crippen molar-refractivity contribution in [1.29, 1.82) is 0 Å². The Morgan fingerprint density at radius 1 is 1.29 bits per heavy atom. The van der Waals surface area contributed by atoms with Crippen LogP contribution in [0.2, 0.25) is 0 Å². The zero-order chi connectivity index (χ0) is 15.5. The Kier molecular flexibility index (Phi) is 4.95. The number of hydrogen-bond donors (Lipinski definition) is 1. The van der Waals surface area contributed by atoms with Crippen LogP contribution in [0.5, 0.6) is 0 Å². The van der Waals surface area contributed by atoms with Crippen LogP contribution in [0.15, 0.2) is 29.2 Å². The number of hydrogen-bond acceptors (Lipinski definition) is 3. The van der Waals surface area contributed by atoms with Crippen LogP contribution in [-0.4, -0.2) is 38.9 Å². The third-order valence-electron chi connectivity index (χ3n) is 3.75. The molecule has 0 saturated carbocycles. The van der Waals surface area contributed by atoms with Crippen LogP contribution in [0, 0.1) is 11.7 Å². The van der Waals surface area contributed by atoms with Crippen molar-refractivity contribution in [3.63, 3.8) is 0 Å². The first-order valence-electron chi connectivity index (χ1n) is 6.89. The normalized spacial score (nSPS) is 17.0. The molecule has 0 aromatic heterocycles. The Morgan fingerprint density at radius 2 is 1.86 bits per heavy atom. The fourth-order valence-electron chi connectivity index (χ4n) is 2.38. The van der Waals surface area contributed by atoms with E-state index in [4.69, 9.17) is 0 Å². The molecule has 1 aliphatic heterocycles. The van der Waals surface area contributed by atoms with Gasteiger partial charge in [-0.25, -0.2) is 17.5 Å². The highest BCUT2D eigenvalue weighted by Gasteiger charge is 2.22. The molecular weight excluding hydrogens is 295 g/mol. The van der Waals surface area contributed by atoms with Gasteiger partial charge in [0.25, 0.3) is 0 Å². The maximum Gasteiger partial charge on any atom is 0.240 e. The molecule has 0 radical (unpaired) electrons. The molecule has 1 aliphatic rings. The van der Waals surface area contributed by atoms with Gasteiger partial charge in [0, 0.05) is 26.6 Å². The average molecular weight is 314 g/mol. The SMILES string of the molecule is CC(=O)N1CCC(CNS(=O)(=O)c2ccc(F)cc2)CC1. The van der Waals surface area contributed by atoms with E-state index in [2.05, 4.69) is 4.72 Å². The fourth-order valence-corrected chi connectivity index (χ4v) is 3.49. The zero-order valence-electron chi connectivity index (χ0n) is 11.9. The van der Waals surface area contributed by atoms with Crippen molar-refractivity contribution < 1.29 is 17.6 Å². The summed E-state index contributed by atoms with van der Waals surface area (Å²) < 4.78 is 39.5. The summed E-state index contributed by atoms with van der Waals surface area (Å²) in [5.74, 6) is -0.193. The predicted octanol–water partition coefficient (Wildman–Crippen LogP) is 1.36. The standard InChI is InChI=1S/C14H19FN2O3S/c1-11(18)17-8-6-12(7-9-17)10-16-21(19,20)14-4-2-13(15)3-5-14/h2-5,12,16H,6-10H2,1H3. The third kappa shape index (κ3) is 4.25. The molecule has 1 heterocycles. The predicted molar refractivity (Wildman–Crippen MR) is 76.6 cm³/mol. The summed E-state index contributed by atoms with van der Waals surface area (Å²) in [6.07, 6.45) is 1.57. The minimum Gasteiger partial charge on any atom is -0.343 e. The summed E-state index contributed by atoms with van der Waals surface area (Å²) >= 11 is 0. The Labute approximate surface area is 124 Å². The highest BCUT2D eigenvalue weighted by atomic mass is 32.2. The minimum absolute atomic E-state index is 0.0559. The molecule has 116 valence electrons. The van der Waals surface area contributed by atoms with Gasteiger partial charge in [0.05, 0.1) is 4.90 Å². The van der Waals surface area contributed by atoms with Crippen LogP contribution in [0.3, 0.4) is 0 Å². The highest BCUT2D eigenvalue weighted by molar-refractivity contribution is 7.89. The molecule has 1 aromatic rings. The number of carbonyl (C=O) groups is 1. The number of amides is 1. The molecule has 1 fully saturated rings. The van der Waals surface area contributed by atoms with Gasteiger partial charge >= 0.3 is 0 Å². The second-order valence-corrected chi connectivity index (χ2v) is 7.02. The van der Waals surface area contributed by atoms with E-state index in [1.54, 1.807) is 4.90 Å². The molecular formula is C14H19FN2O3S. The molecule has 2 rings (SSSR count). The zero-order valence-corrected chi connectivity index (χ0v) is 12.7. The molecule has 5 nitrogen and oxygen atoms in total. The maximum absolute atomic E-state index is 12.8. The van der Waals surface area contributed by atoms with Crippen molar-refractivity contribution in [1.82, 2.24) is 9.62 Å². The summed E-state index contributed by atoms with van der Waals surface area (Å²) in [6.45, 7) is 3.21. The van der Waals surface area contributed by atoms with Crippen molar-refractivity contribution in [2.75, 3.05) is 19.6 Å². The molecule has 0 aliphatic carbocycles. The van der Waals surface area contributed by atoms with E-state index in [0.29, 0.717) is 19.6 Å². The van der Waals surface area contributed by atoms with Crippen LogP contribution in [-0.2, 0) is 14.8 Å². The lowest BCUT2D eigenvalue weighted by atomic mass is 9.97. The fraction of sp³-hybridized carbons (Fsp3) is 0.500. The van der Waals surface area contributed by atoms with E-state index >= 15 is 0 Å². The molecule has 0 bridgehead atoms. The number of nitrogens with one attached hydrogen (secondary N) is 1. The van der Waals surface area contributed by atoms with Crippen LogP contribution in [0.1, 0.15) is 19.8 Å². The average Bonchev–Trinajstić information content (AvgIpc) is 2.46. The molecule has 1 N–H and O–H groups in total. The van der Waals surface area contributed by atoms with Gasteiger partial charge in [0.1, 0.15) is 5.82 Å². The minimum atomic E-state index is -3.60. The number of sulfonamides is 1. The number of likely N-dealkylation sites (tertiary alicyclic amines) is 1. The number of piperidine rings is 1. The Balaban J connectivity index is 1.88. The number of rotatable bonds is 4. The quantitative estimate of drug-likeness (QED) is 0.912. The third-order valence-corrected chi connectivity index (χ3v) is 5.19. The number of nitrogens with zero attached hydrogens (tertiary/aromatic N) is 1. The van der Waals surface area contributed by atoms with Gasteiger partial charge in [-0.15, -0.1) is 0 Å². The Morgan fingerprint density at radius 3 is 2.38 bits per heavy atom. The van der Waals surface area contributed by atoms with Gasteiger partial charge in [-0.2, -0.15) is 0 Å². The first-order valence-corrected chi connectivity index (χ1v) is 8.37. The number of benzene rings is 1. The first kappa shape index (κ1) is 15.9. The first-order chi connectivity index (χ1) is 9.88. The summed E-state index contributed by atoms with van der Waals surface area (Å²) in [6, 6.07) is 4.74. The highest BCUT2D eigenvalue weighted by Crippen LogP contribution is 2.17. The Hall–Kier alpha value is -1.47. The summed E-state index contributed by atoms with van der Waals surface area (Å²) in [7, 11) is -3.60. The summed E-state index contributed by atoms with van der Waals surface area (Å²) in [5.41, 5.74) is 0. The monoisotopic (exact) mass is 314 g/mol. The van der Waals surface area contributed by atoms with Crippen LogP contribution < -0.4 is 4.72 Å². The smallest absolute Gasteiger partial charge is 0.240 e. The number of carbonyl (C=O) groups excluding carboxylic acids is 1. The summed E-state index contributed by atoms with van der Waals surface area (Å²) in [5, 5.41) is 0. The topological polar surface area (TPSA) is 66.5 Å². The van der Waals surface area contributed by atoms with Crippen molar-refractivity contribution in [2.24, 2.45) is 5.92 Å². The second-order valence-electron chi connectivity index (χ2n) is 5.26. The van der Waals surface area contributed by atoms with Crippen molar-refractivity contribution in [3.05, 3.63) is 30.1 Å². The molecule has 1 aromatic carbocycles. The van der Waals surface area contributed by atoms with Crippen molar-refractivity contribution >= 4 is 15.9 Å². The van der Waals surface area contributed by atoms with Crippen LogP contribution in [0.4, 0.5) is 4.39 Å². The molecule has 0 atom stereocenters. The van der Waals surface area contributed by atoms with Gasteiger partial charge in [0.2, 0.25) is 15.9 Å². The van der Waals surface area contributed by atoms with Crippen molar-refractivity contribution in [2.45, 2.75) is 24.7 Å². The van der Waals surface area contributed by atoms with Crippen molar-refractivity contribution in [3.8, 4) is 0 Å². The van der Waals surface area contributed by atoms with E-state index in [0.717, 1.165) is 25.0 Å². The van der Waals surface area contributed by atoms with E-state index in [9.17, 15) is 17.6 Å². The van der Waals surface area contributed by atoms with Gasteiger partial charge in [-0.3, -0.25) is 4.79 Å². The Bertz CT molecular complexity index is 593. The molecule has 1 saturated heterocycles. The molecule has 1 amide bonds. The molecule has 0 unspecified atom stereocenters. The lowest BCUT2D eigenvalue weighted by Crippen LogP contribution is -2.40. The van der Waals surface area contributed by atoms with E-state index in [1.807, 2.05) is 0 Å². The lowest BCUT2D eigenvalue weighted by Gasteiger charge is -2.31. The number of halogens is 1. The molecule has 0 spiro atoms. The van der Waals surface area contributed by atoms with Crippen LogP contribution in [0.25, 0.3) is 0 Å². The molecule has 7 heteroatoms. The van der Waals surface area contributed by atoms with Gasteiger partial charge in [-0.05, 0) is 43.0 Å².